The molecule has 5 rings (SSSR count). The molecule has 0 saturated carbocycles. The molecular formula is C26H27FN6O2. The van der Waals surface area contributed by atoms with E-state index in [1.807, 2.05) is 43.0 Å². The molecule has 180 valence electrons. The van der Waals surface area contributed by atoms with Gasteiger partial charge < -0.3 is 15.4 Å². The summed E-state index contributed by atoms with van der Waals surface area (Å²) in [4.78, 5) is 23.6. The molecule has 2 N–H and O–H groups in total. The Hall–Kier alpha value is -4.01. The molecule has 2 aromatic carbocycles. The zero-order valence-electron chi connectivity index (χ0n) is 19.7. The standard InChI is InChI=1S/C26H27FN6O2/c1-3-35-25(34)17-11-13-32(14-12-17)26-29-22(19-9-4-5-10-20(19)27)21-23(28)33(31-24(21)30-26)18-8-6-7-16(2)15-18/h4-10,15,17H,3,11-14,28H2,1-2H3. The van der Waals surface area contributed by atoms with E-state index in [0.717, 1.165) is 11.3 Å². The van der Waals surface area contributed by atoms with Crippen LogP contribution in [0.5, 0.6) is 0 Å². The SMILES string of the molecule is CCOC(=O)C1CCN(c2nc(-c3ccccc3F)c3c(N)n(-c4cccc(C)c4)nc3n2)CC1. The summed E-state index contributed by atoms with van der Waals surface area (Å²) < 4.78 is 21.7. The molecule has 0 bridgehead atoms. The molecule has 8 nitrogen and oxygen atoms in total. The molecule has 1 saturated heterocycles. The average Bonchev–Trinajstić information content (AvgIpc) is 3.20. The van der Waals surface area contributed by atoms with Crippen molar-refractivity contribution in [3.8, 4) is 16.9 Å². The van der Waals surface area contributed by atoms with Gasteiger partial charge in [0.05, 0.1) is 29.3 Å². The van der Waals surface area contributed by atoms with Crippen molar-refractivity contribution >= 4 is 28.8 Å². The van der Waals surface area contributed by atoms with Crippen molar-refractivity contribution in [2.45, 2.75) is 26.7 Å². The minimum absolute atomic E-state index is 0.142. The fourth-order valence-electron chi connectivity index (χ4n) is 4.52. The number of benzene rings is 2. The van der Waals surface area contributed by atoms with Gasteiger partial charge >= 0.3 is 5.97 Å². The Labute approximate surface area is 202 Å². The molecule has 1 aliphatic rings. The number of nitrogens with two attached hydrogens (primary N) is 1. The predicted octanol–water partition coefficient (Wildman–Crippen LogP) is 4.29. The number of halogens is 1. The lowest BCUT2D eigenvalue weighted by molar-refractivity contribution is -0.148. The van der Waals surface area contributed by atoms with Gasteiger partial charge in [0, 0.05) is 18.7 Å². The van der Waals surface area contributed by atoms with Crippen LogP contribution in [0.2, 0.25) is 0 Å². The second-order valence-corrected chi connectivity index (χ2v) is 8.70. The molecule has 0 radical (unpaired) electrons. The quantitative estimate of drug-likeness (QED) is 0.431. The van der Waals surface area contributed by atoms with Crippen LogP contribution in [0.25, 0.3) is 28.0 Å². The van der Waals surface area contributed by atoms with Crippen molar-refractivity contribution in [1.29, 1.82) is 0 Å². The van der Waals surface area contributed by atoms with Gasteiger partial charge in [-0.1, -0.05) is 24.3 Å². The Morgan fingerprint density at radius 3 is 2.63 bits per heavy atom. The number of nitrogen functional groups attached to an aromatic ring is 1. The fraction of sp³-hybridized carbons (Fsp3) is 0.308. The van der Waals surface area contributed by atoms with Crippen molar-refractivity contribution < 1.29 is 13.9 Å². The van der Waals surface area contributed by atoms with Gasteiger partial charge in [0.1, 0.15) is 11.6 Å². The largest absolute Gasteiger partial charge is 0.466 e. The summed E-state index contributed by atoms with van der Waals surface area (Å²) in [6.07, 6.45) is 1.27. The van der Waals surface area contributed by atoms with Gasteiger partial charge in [0.15, 0.2) is 5.65 Å². The summed E-state index contributed by atoms with van der Waals surface area (Å²) in [7, 11) is 0. The number of piperidine rings is 1. The maximum Gasteiger partial charge on any atom is 0.309 e. The molecular weight excluding hydrogens is 447 g/mol. The number of fused-ring (bicyclic) bond motifs is 1. The van der Waals surface area contributed by atoms with Crippen molar-refractivity contribution in [3.63, 3.8) is 0 Å². The highest BCUT2D eigenvalue weighted by Gasteiger charge is 2.29. The Morgan fingerprint density at radius 1 is 1.14 bits per heavy atom. The molecule has 0 aliphatic carbocycles. The fourth-order valence-corrected chi connectivity index (χ4v) is 4.52. The van der Waals surface area contributed by atoms with Crippen LogP contribution in [-0.4, -0.2) is 45.4 Å². The first-order valence-corrected chi connectivity index (χ1v) is 11.8. The van der Waals surface area contributed by atoms with Gasteiger partial charge in [-0.25, -0.2) is 14.1 Å². The average molecular weight is 475 g/mol. The zero-order valence-corrected chi connectivity index (χ0v) is 19.7. The maximum absolute atomic E-state index is 14.9. The van der Waals surface area contributed by atoms with Crippen molar-refractivity contribution in [3.05, 3.63) is 59.9 Å². The van der Waals surface area contributed by atoms with E-state index in [1.165, 1.54) is 6.07 Å². The molecule has 1 aliphatic heterocycles. The van der Waals surface area contributed by atoms with E-state index in [2.05, 4.69) is 5.10 Å². The summed E-state index contributed by atoms with van der Waals surface area (Å²) in [5.41, 5.74) is 9.52. The Balaban J connectivity index is 1.60. The van der Waals surface area contributed by atoms with Gasteiger partial charge in [-0.3, -0.25) is 4.79 Å². The van der Waals surface area contributed by atoms with Gasteiger partial charge in [-0.05, 0) is 56.5 Å². The normalized spacial score (nSPS) is 14.4. The highest BCUT2D eigenvalue weighted by Crippen LogP contribution is 2.35. The Morgan fingerprint density at radius 2 is 1.91 bits per heavy atom. The van der Waals surface area contributed by atoms with Gasteiger partial charge in [-0.2, -0.15) is 4.98 Å². The summed E-state index contributed by atoms with van der Waals surface area (Å²) in [6.45, 7) is 5.34. The van der Waals surface area contributed by atoms with Crippen molar-refractivity contribution in [2.75, 3.05) is 30.3 Å². The number of nitrogens with zero attached hydrogens (tertiary/aromatic N) is 5. The minimum Gasteiger partial charge on any atom is -0.466 e. The molecule has 4 aromatic rings. The summed E-state index contributed by atoms with van der Waals surface area (Å²) in [5, 5.41) is 5.18. The lowest BCUT2D eigenvalue weighted by Gasteiger charge is -2.31. The number of carbonyl (C=O) groups excluding carboxylic acids is 1. The molecule has 0 amide bonds. The molecule has 3 heterocycles. The van der Waals surface area contributed by atoms with Crippen LogP contribution in [0.4, 0.5) is 16.2 Å². The summed E-state index contributed by atoms with van der Waals surface area (Å²) in [6, 6.07) is 14.3. The van der Waals surface area contributed by atoms with Crippen LogP contribution in [-0.2, 0) is 9.53 Å². The van der Waals surface area contributed by atoms with E-state index in [9.17, 15) is 9.18 Å². The number of ether oxygens (including phenoxy) is 1. The van der Waals surface area contributed by atoms with E-state index < -0.39 is 5.82 Å². The highest BCUT2D eigenvalue weighted by atomic mass is 19.1. The van der Waals surface area contributed by atoms with E-state index in [1.54, 1.807) is 22.9 Å². The first-order valence-electron chi connectivity index (χ1n) is 11.8. The van der Waals surface area contributed by atoms with Crippen molar-refractivity contribution in [1.82, 2.24) is 19.7 Å². The van der Waals surface area contributed by atoms with Gasteiger partial charge in [0.25, 0.3) is 0 Å². The molecule has 0 atom stereocenters. The number of hydrogen-bond donors (Lipinski definition) is 1. The third kappa shape index (κ3) is 4.29. The molecule has 1 fully saturated rings. The minimum atomic E-state index is -0.401. The number of anilines is 2. The van der Waals surface area contributed by atoms with E-state index in [0.29, 0.717) is 66.6 Å². The number of hydrogen-bond acceptors (Lipinski definition) is 7. The molecule has 2 aromatic heterocycles. The monoisotopic (exact) mass is 474 g/mol. The molecule has 35 heavy (non-hydrogen) atoms. The van der Waals surface area contributed by atoms with E-state index in [-0.39, 0.29) is 11.9 Å². The molecule has 0 unspecified atom stereocenters. The first-order chi connectivity index (χ1) is 17.0. The highest BCUT2D eigenvalue weighted by molar-refractivity contribution is 5.99. The molecule has 9 heteroatoms. The lowest BCUT2D eigenvalue weighted by atomic mass is 9.97. The van der Waals surface area contributed by atoms with E-state index in [4.69, 9.17) is 20.4 Å². The zero-order chi connectivity index (χ0) is 24.5. The summed E-state index contributed by atoms with van der Waals surface area (Å²) >= 11 is 0. The number of aromatic nitrogens is 4. The van der Waals surface area contributed by atoms with Crippen LogP contribution in [0.15, 0.2) is 48.5 Å². The second-order valence-electron chi connectivity index (χ2n) is 8.70. The molecule has 0 spiro atoms. The van der Waals surface area contributed by atoms with Gasteiger partial charge in [-0.15, -0.1) is 5.10 Å². The Kier molecular flexibility index (Phi) is 6.07. The number of rotatable bonds is 5. The lowest BCUT2D eigenvalue weighted by Crippen LogP contribution is -2.38. The van der Waals surface area contributed by atoms with Crippen LogP contribution in [0, 0.1) is 18.7 Å². The van der Waals surface area contributed by atoms with Crippen LogP contribution in [0.3, 0.4) is 0 Å². The number of carbonyl (C=O) groups is 1. The topological polar surface area (TPSA) is 99.2 Å². The predicted molar refractivity (Wildman–Crippen MR) is 133 cm³/mol. The first kappa shape index (κ1) is 22.8. The van der Waals surface area contributed by atoms with Crippen LogP contribution in [0.1, 0.15) is 25.3 Å². The third-order valence-electron chi connectivity index (χ3n) is 6.33. The smallest absolute Gasteiger partial charge is 0.309 e. The number of aryl methyl sites for hydroxylation is 1. The second kappa shape index (κ2) is 9.32. The third-order valence-corrected chi connectivity index (χ3v) is 6.33. The maximum atomic E-state index is 14.9. The summed E-state index contributed by atoms with van der Waals surface area (Å²) in [5.74, 6) is 0.0722. The van der Waals surface area contributed by atoms with Gasteiger partial charge in [0.2, 0.25) is 5.95 Å². The van der Waals surface area contributed by atoms with E-state index >= 15 is 0 Å². The van der Waals surface area contributed by atoms with Crippen LogP contribution < -0.4 is 10.6 Å². The Bertz CT molecular complexity index is 1390. The van der Waals surface area contributed by atoms with Crippen LogP contribution >= 0.6 is 0 Å². The number of esters is 1. The van der Waals surface area contributed by atoms with Crippen molar-refractivity contribution in [2.24, 2.45) is 5.92 Å².